The first kappa shape index (κ1) is 17.0. The maximum atomic E-state index is 11.3. The predicted molar refractivity (Wildman–Crippen MR) is 65.6 cm³/mol. The summed E-state index contributed by atoms with van der Waals surface area (Å²) in [6.45, 7) is 0.227. The van der Waals surface area contributed by atoms with E-state index in [9.17, 15) is 18.0 Å². The van der Waals surface area contributed by atoms with E-state index in [4.69, 9.17) is 0 Å². The molecule has 0 aliphatic heterocycles. The first-order chi connectivity index (χ1) is 8.30. The molecule has 0 aromatic heterocycles. The summed E-state index contributed by atoms with van der Waals surface area (Å²) >= 11 is 0. The predicted octanol–water partition coefficient (Wildman–Crippen LogP) is -2.54. The van der Waals surface area contributed by atoms with E-state index in [0.717, 1.165) is 13.4 Å². The Morgan fingerprint density at radius 3 is 2.33 bits per heavy atom. The molecule has 1 unspecified atom stereocenters. The molecule has 3 N–H and O–H groups in total. The highest BCUT2D eigenvalue weighted by molar-refractivity contribution is 7.88. The van der Waals surface area contributed by atoms with Gasteiger partial charge in [0.1, 0.15) is 6.04 Å². The SMILES string of the molecule is CNCC(=O)CNCC(NS(C)(=O)=O)C(=O)OC. The molecule has 0 aromatic rings. The van der Waals surface area contributed by atoms with E-state index >= 15 is 0 Å². The van der Waals surface area contributed by atoms with E-state index in [1.54, 1.807) is 7.05 Å². The summed E-state index contributed by atoms with van der Waals surface area (Å²) in [7, 11) is -0.730. The number of sulfonamides is 1. The summed E-state index contributed by atoms with van der Waals surface area (Å²) in [5.74, 6) is -0.811. The molecule has 0 aromatic carbocycles. The average molecular weight is 281 g/mol. The van der Waals surface area contributed by atoms with Crippen molar-refractivity contribution in [3.63, 3.8) is 0 Å². The van der Waals surface area contributed by atoms with E-state index in [-0.39, 0.29) is 25.4 Å². The highest BCUT2D eigenvalue weighted by atomic mass is 32.2. The van der Waals surface area contributed by atoms with Gasteiger partial charge in [0, 0.05) is 6.54 Å². The maximum absolute atomic E-state index is 11.3. The molecule has 0 rings (SSSR count). The molecule has 0 bridgehead atoms. The third-order valence-corrected chi connectivity index (χ3v) is 2.60. The lowest BCUT2D eigenvalue weighted by Gasteiger charge is -2.15. The van der Waals surface area contributed by atoms with Crippen LogP contribution in [0.2, 0.25) is 0 Å². The van der Waals surface area contributed by atoms with Crippen LogP contribution in [-0.2, 0) is 24.3 Å². The molecule has 0 saturated carbocycles. The zero-order valence-electron chi connectivity index (χ0n) is 10.6. The van der Waals surface area contributed by atoms with E-state index in [1.165, 1.54) is 0 Å². The van der Waals surface area contributed by atoms with Crippen LogP contribution in [-0.4, -0.2) is 66.3 Å². The van der Waals surface area contributed by atoms with E-state index in [0.29, 0.717) is 0 Å². The summed E-state index contributed by atoms with van der Waals surface area (Å²) < 4.78 is 28.7. The Bertz CT molecular complexity index is 382. The Morgan fingerprint density at radius 2 is 1.89 bits per heavy atom. The molecule has 106 valence electrons. The number of hydrogen-bond acceptors (Lipinski definition) is 7. The number of rotatable bonds is 9. The van der Waals surface area contributed by atoms with Crippen molar-refractivity contribution >= 4 is 21.8 Å². The topological polar surface area (TPSA) is 114 Å². The highest BCUT2D eigenvalue weighted by Crippen LogP contribution is 1.90. The molecule has 0 heterocycles. The fourth-order valence-electron chi connectivity index (χ4n) is 1.19. The minimum absolute atomic E-state index is 0.0187. The normalized spacial score (nSPS) is 13.1. The summed E-state index contributed by atoms with van der Waals surface area (Å²) in [6, 6.07) is -1.05. The summed E-state index contributed by atoms with van der Waals surface area (Å²) in [5.41, 5.74) is 0. The van der Waals surface area contributed by atoms with Gasteiger partial charge in [-0.05, 0) is 7.05 Å². The quantitative estimate of drug-likeness (QED) is 0.399. The van der Waals surface area contributed by atoms with Gasteiger partial charge in [0.05, 0.1) is 26.5 Å². The number of methoxy groups -OCH3 is 1. The number of esters is 1. The number of ether oxygens (including phenoxy) is 1. The van der Waals surface area contributed by atoms with Crippen molar-refractivity contribution in [1.29, 1.82) is 0 Å². The number of carbonyl (C=O) groups is 2. The molecule has 0 radical (unpaired) electrons. The zero-order valence-corrected chi connectivity index (χ0v) is 11.5. The third kappa shape index (κ3) is 8.12. The van der Waals surface area contributed by atoms with Crippen LogP contribution in [0.25, 0.3) is 0 Å². The average Bonchev–Trinajstić information content (AvgIpc) is 2.25. The first-order valence-corrected chi connectivity index (χ1v) is 7.11. The largest absolute Gasteiger partial charge is 0.468 e. The molecule has 0 saturated heterocycles. The van der Waals surface area contributed by atoms with Gasteiger partial charge in [0.2, 0.25) is 10.0 Å². The molecule has 0 spiro atoms. The number of hydrogen-bond donors (Lipinski definition) is 3. The number of carbonyl (C=O) groups excluding carboxylic acids is 2. The second kappa shape index (κ2) is 8.14. The van der Waals surface area contributed by atoms with Crippen molar-refractivity contribution in [2.24, 2.45) is 0 Å². The van der Waals surface area contributed by atoms with E-state index in [2.05, 4.69) is 20.1 Å². The van der Waals surface area contributed by atoms with Gasteiger partial charge in [-0.3, -0.25) is 9.59 Å². The van der Waals surface area contributed by atoms with Crippen LogP contribution in [0, 0.1) is 0 Å². The van der Waals surface area contributed by atoms with Crippen molar-refractivity contribution < 1.29 is 22.7 Å². The third-order valence-electron chi connectivity index (χ3n) is 1.89. The lowest BCUT2D eigenvalue weighted by molar-refractivity contribution is -0.142. The van der Waals surface area contributed by atoms with Crippen LogP contribution in [0.1, 0.15) is 0 Å². The van der Waals surface area contributed by atoms with E-state index in [1.807, 2.05) is 0 Å². The smallest absolute Gasteiger partial charge is 0.325 e. The van der Waals surface area contributed by atoms with Gasteiger partial charge in [-0.25, -0.2) is 8.42 Å². The van der Waals surface area contributed by atoms with Crippen LogP contribution < -0.4 is 15.4 Å². The number of ketones is 1. The van der Waals surface area contributed by atoms with Crippen LogP contribution in [0.15, 0.2) is 0 Å². The summed E-state index contributed by atoms with van der Waals surface area (Å²) in [4.78, 5) is 22.5. The van der Waals surface area contributed by atoms with Gasteiger partial charge in [-0.1, -0.05) is 0 Å². The Morgan fingerprint density at radius 1 is 1.28 bits per heavy atom. The zero-order chi connectivity index (χ0) is 14.2. The molecule has 8 nitrogen and oxygen atoms in total. The van der Waals surface area contributed by atoms with Crippen molar-refractivity contribution in [1.82, 2.24) is 15.4 Å². The molecular weight excluding hydrogens is 262 g/mol. The summed E-state index contributed by atoms with van der Waals surface area (Å²) in [6.07, 6.45) is 0.940. The van der Waals surface area contributed by atoms with Gasteiger partial charge < -0.3 is 15.4 Å². The van der Waals surface area contributed by atoms with Gasteiger partial charge in [0.25, 0.3) is 0 Å². The van der Waals surface area contributed by atoms with Gasteiger partial charge in [-0.2, -0.15) is 4.72 Å². The van der Waals surface area contributed by atoms with Crippen molar-refractivity contribution in [3.05, 3.63) is 0 Å². The highest BCUT2D eigenvalue weighted by Gasteiger charge is 2.22. The standard InChI is InChI=1S/C9H19N3O5S/c1-10-4-7(13)5-11-6-8(9(14)17-2)12-18(3,15)16/h8,10-12H,4-6H2,1-3H3. The monoisotopic (exact) mass is 281 g/mol. The second-order valence-corrected chi connectivity index (χ2v) is 5.45. The van der Waals surface area contributed by atoms with E-state index < -0.39 is 22.0 Å². The van der Waals surface area contributed by atoms with Crippen molar-refractivity contribution in [3.8, 4) is 0 Å². The molecule has 0 aliphatic carbocycles. The number of nitrogens with one attached hydrogen (secondary N) is 3. The van der Waals surface area contributed by atoms with Gasteiger partial charge in [-0.15, -0.1) is 0 Å². The Balaban J connectivity index is 4.26. The molecule has 0 aliphatic rings. The lowest BCUT2D eigenvalue weighted by Crippen LogP contribution is -2.48. The second-order valence-electron chi connectivity index (χ2n) is 3.67. The molecule has 18 heavy (non-hydrogen) atoms. The molecule has 0 fully saturated rings. The van der Waals surface area contributed by atoms with Crippen LogP contribution >= 0.6 is 0 Å². The molecule has 0 amide bonds. The molecule has 9 heteroatoms. The minimum Gasteiger partial charge on any atom is -0.468 e. The Kier molecular flexibility index (Phi) is 7.67. The van der Waals surface area contributed by atoms with Crippen LogP contribution in [0.3, 0.4) is 0 Å². The van der Waals surface area contributed by atoms with Gasteiger partial charge >= 0.3 is 5.97 Å². The van der Waals surface area contributed by atoms with Crippen molar-refractivity contribution in [2.45, 2.75) is 6.04 Å². The Hall–Kier alpha value is -1.03. The Labute approximate surface area is 107 Å². The van der Waals surface area contributed by atoms with Crippen LogP contribution in [0.5, 0.6) is 0 Å². The minimum atomic E-state index is -3.53. The van der Waals surface area contributed by atoms with Gasteiger partial charge in [0.15, 0.2) is 5.78 Å². The van der Waals surface area contributed by atoms with Crippen LogP contribution in [0.4, 0.5) is 0 Å². The number of Topliss-reactive ketones (excluding diaryl/α,β-unsaturated/α-hetero) is 1. The fourth-order valence-corrected chi connectivity index (χ4v) is 1.89. The number of likely N-dealkylation sites (N-methyl/N-ethyl adjacent to an activating group) is 1. The maximum Gasteiger partial charge on any atom is 0.325 e. The van der Waals surface area contributed by atoms with Crippen molar-refractivity contribution in [2.75, 3.05) is 40.0 Å². The molecular formula is C9H19N3O5S. The lowest BCUT2D eigenvalue weighted by atomic mass is 10.3. The summed E-state index contributed by atoms with van der Waals surface area (Å²) in [5, 5.41) is 5.38. The first-order valence-electron chi connectivity index (χ1n) is 5.22. The molecule has 1 atom stereocenters. The fraction of sp³-hybridized carbons (Fsp3) is 0.778.